The first-order valence-electron chi connectivity index (χ1n) is 8.14. The van der Waals surface area contributed by atoms with Gasteiger partial charge in [-0.2, -0.15) is 0 Å². The highest BCUT2D eigenvalue weighted by Gasteiger charge is 2.08. The Morgan fingerprint density at radius 1 is 1.04 bits per heavy atom. The van der Waals surface area contributed by atoms with Crippen molar-refractivity contribution in [2.24, 2.45) is 0 Å². The van der Waals surface area contributed by atoms with Crippen LogP contribution in [-0.2, 0) is 13.2 Å². The molecule has 6 nitrogen and oxygen atoms in total. The second-order valence-electron chi connectivity index (χ2n) is 5.80. The van der Waals surface area contributed by atoms with E-state index in [1.807, 2.05) is 48.5 Å². The summed E-state index contributed by atoms with van der Waals surface area (Å²) in [6, 6.07) is 16.8. The SMILES string of the molecule is COc1ccc(-c2ccc(NCc3[nH]c(CO)cc(=O)c3O)cc2)cc1. The van der Waals surface area contributed by atoms with Crippen LogP contribution in [0.25, 0.3) is 11.1 Å². The first kappa shape index (κ1) is 17.6. The quantitative estimate of drug-likeness (QED) is 0.547. The van der Waals surface area contributed by atoms with E-state index >= 15 is 0 Å². The molecule has 1 aromatic heterocycles. The first-order chi connectivity index (χ1) is 12.6. The summed E-state index contributed by atoms with van der Waals surface area (Å²) in [5, 5.41) is 22.2. The van der Waals surface area contributed by atoms with Gasteiger partial charge in [-0.05, 0) is 35.4 Å². The van der Waals surface area contributed by atoms with E-state index in [0.29, 0.717) is 11.4 Å². The minimum absolute atomic E-state index is 0.233. The lowest BCUT2D eigenvalue weighted by molar-refractivity contribution is 0.276. The average Bonchev–Trinajstić information content (AvgIpc) is 2.69. The summed E-state index contributed by atoms with van der Waals surface area (Å²) in [5.74, 6) is 0.468. The molecule has 1 heterocycles. The molecule has 0 aliphatic rings. The molecule has 0 saturated carbocycles. The van der Waals surface area contributed by atoms with E-state index in [1.54, 1.807) is 7.11 Å². The van der Waals surface area contributed by atoms with Crippen molar-refractivity contribution in [3.63, 3.8) is 0 Å². The molecule has 0 saturated heterocycles. The molecule has 2 aromatic carbocycles. The highest BCUT2D eigenvalue weighted by Crippen LogP contribution is 2.24. The number of aliphatic hydroxyl groups is 1. The molecule has 0 amide bonds. The van der Waals surface area contributed by atoms with Crippen LogP contribution in [0.2, 0.25) is 0 Å². The number of methoxy groups -OCH3 is 1. The van der Waals surface area contributed by atoms with E-state index in [9.17, 15) is 9.90 Å². The van der Waals surface area contributed by atoms with Gasteiger partial charge in [-0.25, -0.2) is 0 Å². The summed E-state index contributed by atoms with van der Waals surface area (Å²) >= 11 is 0. The molecule has 4 N–H and O–H groups in total. The predicted molar refractivity (Wildman–Crippen MR) is 100 cm³/mol. The average molecular weight is 352 g/mol. The van der Waals surface area contributed by atoms with Gasteiger partial charge in [-0.1, -0.05) is 24.3 Å². The second-order valence-corrected chi connectivity index (χ2v) is 5.80. The third kappa shape index (κ3) is 3.87. The lowest BCUT2D eigenvalue weighted by atomic mass is 10.1. The Kier molecular flexibility index (Phi) is 5.24. The van der Waals surface area contributed by atoms with Crippen molar-refractivity contribution in [3.05, 3.63) is 76.2 Å². The number of ether oxygens (including phenoxy) is 1. The number of H-pyrrole nitrogens is 1. The molecule has 3 aromatic rings. The number of rotatable bonds is 6. The summed E-state index contributed by atoms with van der Waals surface area (Å²) < 4.78 is 5.16. The lowest BCUT2D eigenvalue weighted by Crippen LogP contribution is -2.11. The van der Waals surface area contributed by atoms with Crippen LogP contribution in [-0.4, -0.2) is 22.3 Å². The molecule has 3 rings (SSSR count). The monoisotopic (exact) mass is 352 g/mol. The van der Waals surface area contributed by atoms with Crippen molar-refractivity contribution in [2.45, 2.75) is 13.2 Å². The van der Waals surface area contributed by atoms with Crippen LogP contribution in [0.15, 0.2) is 59.4 Å². The Morgan fingerprint density at radius 2 is 1.65 bits per heavy atom. The largest absolute Gasteiger partial charge is 0.503 e. The van der Waals surface area contributed by atoms with E-state index in [0.717, 1.165) is 22.6 Å². The van der Waals surface area contributed by atoms with Gasteiger partial charge in [0.15, 0.2) is 5.75 Å². The van der Waals surface area contributed by atoms with Crippen LogP contribution in [0.5, 0.6) is 11.5 Å². The third-order valence-corrected chi connectivity index (χ3v) is 4.08. The summed E-state index contributed by atoms with van der Waals surface area (Å²) in [6.07, 6.45) is 0. The van der Waals surface area contributed by atoms with Crippen LogP contribution in [0.4, 0.5) is 5.69 Å². The zero-order chi connectivity index (χ0) is 18.5. The van der Waals surface area contributed by atoms with Gasteiger partial charge in [0.2, 0.25) is 5.43 Å². The number of anilines is 1. The van der Waals surface area contributed by atoms with E-state index in [2.05, 4.69) is 10.3 Å². The first-order valence-corrected chi connectivity index (χ1v) is 8.14. The van der Waals surface area contributed by atoms with Crippen molar-refractivity contribution in [3.8, 4) is 22.6 Å². The van der Waals surface area contributed by atoms with E-state index in [-0.39, 0.29) is 18.9 Å². The normalized spacial score (nSPS) is 10.5. The van der Waals surface area contributed by atoms with Crippen LogP contribution < -0.4 is 15.5 Å². The molecular formula is C20H20N2O4. The topological polar surface area (TPSA) is 94.6 Å². The maximum Gasteiger partial charge on any atom is 0.223 e. The standard InChI is InChI=1S/C20H20N2O4/c1-26-17-8-4-14(5-9-17)13-2-6-15(7-3-13)21-11-18-20(25)19(24)10-16(12-23)22-18/h2-10,21,23,25H,11-12H2,1H3,(H,22,24). The fraction of sp³-hybridized carbons (Fsp3) is 0.150. The number of hydrogen-bond donors (Lipinski definition) is 4. The highest BCUT2D eigenvalue weighted by atomic mass is 16.5. The maximum absolute atomic E-state index is 11.7. The van der Waals surface area contributed by atoms with Gasteiger partial charge in [0.05, 0.1) is 26.0 Å². The van der Waals surface area contributed by atoms with Gasteiger partial charge in [0.1, 0.15) is 5.75 Å². The lowest BCUT2D eigenvalue weighted by Gasteiger charge is -2.10. The number of benzene rings is 2. The van der Waals surface area contributed by atoms with Gasteiger partial charge >= 0.3 is 0 Å². The molecular weight excluding hydrogens is 332 g/mol. The molecule has 0 atom stereocenters. The van der Waals surface area contributed by atoms with Gasteiger partial charge < -0.3 is 25.3 Å². The van der Waals surface area contributed by atoms with Crippen molar-refractivity contribution < 1.29 is 14.9 Å². The smallest absolute Gasteiger partial charge is 0.223 e. The molecule has 6 heteroatoms. The number of aliphatic hydroxyl groups excluding tert-OH is 1. The number of nitrogens with one attached hydrogen (secondary N) is 2. The Bertz CT molecular complexity index is 932. The number of aromatic hydroxyl groups is 1. The number of aromatic nitrogens is 1. The zero-order valence-electron chi connectivity index (χ0n) is 14.3. The number of pyridine rings is 1. The highest BCUT2D eigenvalue weighted by molar-refractivity contribution is 5.66. The Labute approximate surface area is 150 Å². The van der Waals surface area contributed by atoms with E-state index in [1.165, 1.54) is 6.07 Å². The van der Waals surface area contributed by atoms with Crippen LogP contribution in [0.1, 0.15) is 11.4 Å². The maximum atomic E-state index is 11.7. The minimum Gasteiger partial charge on any atom is -0.503 e. The van der Waals surface area contributed by atoms with Crippen LogP contribution >= 0.6 is 0 Å². The molecule has 0 aliphatic carbocycles. The molecule has 0 aliphatic heterocycles. The summed E-state index contributed by atoms with van der Waals surface area (Å²) in [4.78, 5) is 14.5. The van der Waals surface area contributed by atoms with Crippen molar-refractivity contribution in [1.29, 1.82) is 0 Å². The number of aromatic amines is 1. The van der Waals surface area contributed by atoms with Gasteiger partial charge in [-0.15, -0.1) is 0 Å². The molecule has 134 valence electrons. The summed E-state index contributed by atoms with van der Waals surface area (Å²) in [7, 11) is 1.64. The molecule has 0 spiro atoms. The molecule has 0 bridgehead atoms. The van der Waals surface area contributed by atoms with Gasteiger partial charge in [0, 0.05) is 17.4 Å². The summed E-state index contributed by atoms with van der Waals surface area (Å²) in [5.41, 5.74) is 3.17. The Morgan fingerprint density at radius 3 is 2.23 bits per heavy atom. The van der Waals surface area contributed by atoms with E-state index < -0.39 is 5.43 Å². The van der Waals surface area contributed by atoms with E-state index in [4.69, 9.17) is 9.84 Å². The summed E-state index contributed by atoms with van der Waals surface area (Å²) in [6.45, 7) is -0.0596. The molecule has 26 heavy (non-hydrogen) atoms. The van der Waals surface area contributed by atoms with Crippen LogP contribution in [0, 0.1) is 0 Å². The Hall–Kier alpha value is -3.25. The third-order valence-electron chi connectivity index (χ3n) is 4.08. The van der Waals surface area contributed by atoms with Crippen LogP contribution in [0.3, 0.4) is 0 Å². The van der Waals surface area contributed by atoms with Gasteiger partial charge in [-0.3, -0.25) is 4.79 Å². The molecule has 0 unspecified atom stereocenters. The van der Waals surface area contributed by atoms with Crippen molar-refractivity contribution >= 4 is 5.69 Å². The molecule has 0 fully saturated rings. The number of hydrogen-bond acceptors (Lipinski definition) is 5. The van der Waals surface area contributed by atoms with Crippen molar-refractivity contribution in [2.75, 3.05) is 12.4 Å². The second kappa shape index (κ2) is 7.76. The predicted octanol–water partition coefficient (Wildman–Crippen LogP) is 2.86. The fourth-order valence-electron chi connectivity index (χ4n) is 2.63. The zero-order valence-corrected chi connectivity index (χ0v) is 14.3. The fourth-order valence-corrected chi connectivity index (χ4v) is 2.63. The molecule has 0 radical (unpaired) electrons. The Balaban J connectivity index is 1.72. The van der Waals surface area contributed by atoms with Crippen molar-refractivity contribution in [1.82, 2.24) is 4.98 Å². The minimum atomic E-state index is -0.514. The van der Waals surface area contributed by atoms with Gasteiger partial charge in [0.25, 0.3) is 0 Å².